The van der Waals surface area contributed by atoms with Crippen molar-refractivity contribution in [1.82, 2.24) is 24.8 Å². The monoisotopic (exact) mass is 409 g/mol. The SMILES string of the molecule is C[C@]12C[C@H](F)[C@H](C/C(=C\c3cnc(-c4ccc(-n5ccnc5)cc4O)cn3)[C@@H]1F)N2. The molecule has 6 nitrogen and oxygen atoms in total. The number of rotatable bonds is 3. The lowest BCUT2D eigenvalue weighted by molar-refractivity contribution is 0.186. The number of halogens is 2. The zero-order valence-corrected chi connectivity index (χ0v) is 16.3. The van der Waals surface area contributed by atoms with Crippen LogP contribution in [0.3, 0.4) is 0 Å². The minimum atomic E-state index is -1.27. The Kier molecular flexibility index (Phi) is 4.39. The Labute approximate surface area is 172 Å². The molecular formula is C22H21F2N5O. The van der Waals surface area contributed by atoms with Crippen LogP contribution in [-0.4, -0.2) is 48.5 Å². The largest absolute Gasteiger partial charge is 0.507 e. The van der Waals surface area contributed by atoms with Gasteiger partial charge in [0.15, 0.2) is 0 Å². The predicted molar refractivity (Wildman–Crippen MR) is 109 cm³/mol. The van der Waals surface area contributed by atoms with Gasteiger partial charge in [-0.3, -0.25) is 9.97 Å². The number of nitrogens with zero attached hydrogens (tertiary/aromatic N) is 4. The molecule has 0 unspecified atom stereocenters. The van der Waals surface area contributed by atoms with Crippen LogP contribution < -0.4 is 5.32 Å². The van der Waals surface area contributed by atoms with E-state index in [2.05, 4.69) is 20.3 Å². The standard InChI is InChI=1S/C22H21F2N5O/c1-22-9-17(23)18(28-22)7-13(21(22)24)6-14-10-27-19(11-26-14)16-3-2-15(8-20(16)30)29-5-4-25-12-29/h2-6,8,10-12,17-18,21,28,30H,7,9H2,1H3/b13-6+/t17-,18-,21-,22-/m0/s1. The predicted octanol–water partition coefficient (Wildman–Crippen LogP) is 3.62. The van der Waals surface area contributed by atoms with Crippen LogP contribution in [-0.2, 0) is 0 Å². The van der Waals surface area contributed by atoms with Gasteiger partial charge < -0.3 is 15.0 Å². The molecule has 0 radical (unpaired) electrons. The van der Waals surface area contributed by atoms with Gasteiger partial charge in [-0.15, -0.1) is 0 Å². The van der Waals surface area contributed by atoms with Gasteiger partial charge in [-0.25, -0.2) is 13.8 Å². The van der Waals surface area contributed by atoms with E-state index in [1.165, 1.54) is 6.20 Å². The van der Waals surface area contributed by atoms with E-state index in [0.29, 0.717) is 28.9 Å². The summed E-state index contributed by atoms with van der Waals surface area (Å²) in [6, 6.07) is 4.88. The number of aromatic hydroxyl groups is 1. The Morgan fingerprint density at radius 1 is 1.27 bits per heavy atom. The summed E-state index contributed by atoms with van der Waals surface area (Å²) in [6.45, 7) is 1.72. The third-order valence-corrected chi connectivity index (χ3v) is 5.98. The molecule has 2 bridgehead atoms. The van der Waals surface area contributed by atoms with Gasteiger partial charge in [0, 0.05) is 36.5 Å². The molecule has 2 aliphatic heterocycles. The maximum Gasteiger partial charge on any atom is 0.139 e. The highest BCUT2D eigenvalue weighted by Crippen LogP contribution is 2.42. The third kappa shape index (κ3) is 3.17. The van der Waals surface area contributed by atoms with Crippen LogP contribution in [0.25, 0.3) is 23.0 Å². The number of aromatic nitrogens is 4. The molecule has 2 fully saturated rings. The highest BCUT2D eigenvalue weighted by Gasteiger charge is 2.52. The average Bonchev–Trinajstić information content (AvgIpc) is 3.34. The molecule has 8 heteroatoms. The number of benzene rings is 1. The van der Waals surface area contributed by atoms with E-state index in [0.717, 1.165) is 5.69 Å². The maximum atomic E-state index is 14.9. The van der Waals surface area contributed by atoms with E-state index in [9.17, 15) is 13.9 Å². The van der Waals surface area contributed by atoms with Gasteiger partial charge >= 0.3 is 0 Å². The van der Waals surface area contributed by atoms with Crippen molar-refractivity contribution in [3.05, 3.63) is 60.6 Å². The van der Waals surface area contributed by atoms with Crippen LogP contribution in [0, 0.1) is 0 Å². The van der Waals surface area contributed by atoms with Crippen molar-refractivity contribution in [3.63, 3.8) is 0 Å². The summed E-state index contributed by atoms with van der Waals surface area (Å²) in [5, 5.41) is 13.5. The van der Waals surface area contributed by atoms with Gasteiger partial charge in [-0.1, -0.05) is 0 Å². The van der Waals surface area contributed by atoms with Crippen molar-refractivity contribution >= 4 is 6.08 Å². The number of hydrogen-bond donors (Lipinski definition) is 2. The molecule has 2 saturated heterocycles. The lowest BCUT2D eigenvalue weighted by Crippen LogP contribution is -2.53. The molecule has 4 atom stereocenters. The molecule has 2 N–H and O–H groups in total. The van der Waals surface area contributed by atoms with Crippen LogP contribution in [0.1, 0.15) is 25.5 Å². The lowest BCUT2D eigenvalue weighted by atomic mass is 9.86. The second-order valence-corrected chi connectivity index (χ2v) is 8.17. The number of nitrogens with one attached hydrogen (secondary N) is 1. The summed E-state index contributed by atoms with van der Waals surface area (Å²) >= 11 is 0. The second kappa shape index (κ2) is 6.98. The second-order valence-electron chi connectivity index (χ2n) is 8.17. The summed E-state index contributed by atoms with van der Waals surface area (Å²) in [5.74, 6) is 0.0715. The first-order chi connectivity index (χ1) is 14.4. The Hall–Kier alpha value is -3.13. The molecule has 0 saturated carbocycles. The van der Waals surface area contributed by atoms with Crippen LogP contribution in [0.4, 0.5) is 8.78 Å². The molecule has 5 rings (SSSR count). The van der Waals surface area contributed by atoms with Crippen LogP contribution in [0.5, 0.6) is 5.75 Å². The Morgan fingerprint density at radius 2 is 2.13 bits per heavy atom. The highest BCUT2D eigenvalue weighted by molar-refractivity contribution is 5.68. The van der Waals surface area contributed by atoms with E-state index >= 15 is 0 Å². The van der Waals surface area contributed by atoms with E-state index in [4.69, 9.17) is 0 Å². The Bertz CT molecular complexity index is 1100. The van der Waals surface area contributed by atoms with Crippen molar-refractivity contribution in [1.29, 1.82) is 0 Å². The smallest absolute Gasteiger partial charge is 0.139 e. The van der Waals surface area contributed by atoms with Crippen LogP contribution in [0.15, 0.2) is 54.9 Å². The topological polar surface area (TPSA) is 75.9 Å². The first kappa shape index (κ1) is 18.9. The molecule has 4 heterocycles. The van der Waals surface area contributed by atoms with Gasteiger partial charge in [-0.2, -0.15) is 0 Å². The summed E-state index contributed by atoms with van der Waals surface area (Å²) in [6.07, 6.45) is 8.02. The fraction of sp³-hybridized carbons (Fsp3) is 0.318. The molecule has 1 aromatic carbocycles. The van der Waals surface area contributed by atoms with Crippen molar-refractivity contribution < 1.29 is 13.9 Å². The number of phenolic OH excluding ortho intramolecular Hbond substituents is 1. The summed E-state index contributed by atoms with van der Waals surface area (Å²) < 4.78 is 30.8. The highest BCUT2D eigenvalue weighted by atomic mass is 19.1. The Morgan fingerprint density at radius 3 is 2.83 bits per heavy atom. The number of fused-ring (bicyclic) bond motifs is 2. The van der Waals surface area contributed by atoms with Gasteiger partial charge in [0.1, 0.15) is 18.1 Å². The van der Waals surface area contributed by atoms with Crippen molar-refractivity contribution in [3.8, 4) is 22.7 Å². The van der Waals surface area contributed by atoms with Gasteiger partial charge in [0.05, 0.1) is 41.3 Å². The van der Waals surface area contributed by atoms with E-state index in [1.807, 2.05) is 6.07 Å². The third-order valence-electron chi connectivity index (χ3n) is 5.98. The number of hydrogen-bond acceptors (Lipinski definition) is 5. The number of imidazole rings is 1. The molecule has 154 valence electrons. The number of phenols is 1. The maximum absolute atomic E-state index is 14.9. The van der Waals surface area contributed by atoms with E-state index < -0.39 is 17.9 Å². The van der Waals surface area contributed by atoms with Gasteiger partial charge in [-0.05, 0) is 37.1 Å². The van der Waals surface area contributed by atoms with Gasteiger partial charge in [0.25, 0.3) is 0 Å². The lowest BCUT2D eigenvalue weighted by Gasteiger charge is -2.35. The first-order valence-electron chi connectivity index (χ1n) is 9.83. The summed E-state index contributed by atoms with van der Waals surface area (Å²) in [7, 11) is 0. The first-order valence-corrected chi connectivity index (χ1v) is 9.83. The fourth-order valence-electron chi connectivity index (χ4n) is 4.43. The molecule has 0 spiro atoms. The summed E-state index contributed by atoms with van der Waals surface area (Å²) in [4.78, 5) is 12.7. The molecule has 2 aromatic heterocycles. The molecule has 3 aromatic rings. The molecule has 2 aliphatic rings. The molecule has 30 heavy (non-hydrogen) atoms. The van der Waals surface area contributed by atoms with Crippen molar-refractivity contribution in [2.45, 2.75) is 43.7 Å². The zero-order valence-electron chi connectivity index (χ0n) is 16.3. The Balaban J connectivity index is 1.39. The normalized spacial score (nSPS) is 29.4. The molecular weight excluding hydrogens is 388 g/mol. The van der Waals surface area contributed by atoms with Crippen molar-refractivity contribution in [2.75, 3.05) is 0 Å². The quantitative estimate of drug-likeness (QED) is 0.691. The van der Waals surface area contributed by atoms with Crippen molar-refractivity contribution in [2.24, 2.45) is 0 Å². The molecule has 0 amide bonds. The minimum Gasteiger partial charge on any atom is -0.507 e. The summed E-state index contributed by atoms with van der Waals surface area (Å²) in [5.41, 5.74) is 2.00. The van der Waals surface area contributed by atoms with Crippen LogP contribution in [0.2, 0.25) is 0 Å². The average molecular weight is 409 g/mol. The number of piperidine rings is 1. The van der Waals surface area contributed by atoms with Crippen LogP contribution >= 0.6 is 0 Å². The van der Waals surface area contributed by atoms with Gasteiger partial charge in [0.2, 0.25) is 0 Å². The minimum absolute atomic E-state index is 0.0715. The fourth-order valence-corrected chi connectivity index (χ4v) is 4.43. The zero-order chi connectivity index (χ0) is 20.9. The molecule has 0 aliphatic carbocycles. The number of alkyl halides is 2. The van der Waals surface area contributed by atoms with E-state index in [1.54, 1.807) is 54.6 Å². The van der Waals surface area contributed by atoms with E-state index in [-0.39, 0.29) is 18.2 Å².